The second-order valence-electron chi connectivity index (χ2n) is 7.32. The normalized spacial score (nSPS) is 20.0. The van der Waals surface area contributed by atoms with Gasteiger partial charge in [-0.15, -0.1) is 11.3 Å². The van der Waals surface area contributed by atoms with Crippen molar-refractivity contribution in [3.05, 3.63) is 65.8 Å². The van der Waals surface area contributed by atoms with E-state index in [1.165, 1.54) is 36.6 Å². The molecule has 13 heteroatoms. The molecule has 1 N–H and O–H groups in total. The molecule has 0 spiro atoms. The summed E-state index contributed by atoms with van der Waals surface area (Å²) < 4.78 is 44.2. The number of ketones is 1. The van der Waals surface area contributed by atoms with Gasteiger partial charge in [-0.1, -0.05) is 17.7 Å². The molecule has 177 valence electrons. The second kappa shape index (κ2) is 10.8. The molecule has 0 amide bonds. The van der Waals surface area contributed by atoms with E-state index < -0.39 is 28.1 Å². The van der Waals surface area contributed by atoms with Crippen LogP contribution in [0.15, 0.2) is 36.9 Å². The Labute approximate surface area is 213 Å². The van der Waals surface area contributed by atoms with E-state index in [2.05, 4.69) is 14.7 Å². The maximum Gasteiger partial charge on any atom is 0.280 e. The molecule has 1 radical (unpaired) electrons. The summed E-state index contributed by atoms with van der Waals surface area (Å²) in [5.41, 5.74) is 1.26. The van der Waals surface area contributed by atoms with Crippen molar-refractivity contribution in [2.24, 2.45) is 7.05 Å². The Bertz CT molecular complexity index is 1250. The van der Waals surface area contributed by atoms with Crippen molar-refractivity contribution in [3.63, 3.8) is 0 Å². The van der Waals surface area contributed by atoms with Crippen molar-refractivity contribution in [1.29, 1.82) is 0 Å². The summed E-state index contributed by atoms with van der Waals surface area (Å²) in [5.74, 6) is -0.881. The third-order valence-corrected chi connectivity index (χ3v) is 8.10. The number of imidazole rings is 1. The summed E-state index contributed by atoms with van der Waals surface area (Å²) in [6.45, 7) is 0. The molecular formula is C20H22ClFN5O3S2V-. The number of halogens is 2. The molecule has 8 nitrogen and oxygen atoms in total. The standard InChI is InChI=1S/C19H19ClFN5O3S2.CH3.V/c1-25-9-15(23-10-25)18-8-22-19(30-18)14-7-16(26(2)31(28,29)24-14)17(27)6-11-3-4-13(21)12(20)5-11;;/h3-5,8-10,14,16,24H,6-7H2,1-2H3;1H3;/q;-1;. The van der Waals surface area contributed by atoms with Gasteiger partial charge in [0.2, 0.25) is 0 Å². The largest absolute Gasteiger partial charge is 0.358 e. The number of aryl methyl sites for hydroxylation is 1. The monoisotopic (exact) mass is 549 g/mol. The van der Waals surface area contributed by atoms with Gasteiger partial charge in [0.25, 0.3) is 10.2 Å². The van der Waals surface area contributed by atoms with E-state index in [0.29, 0.717) is 10.6 Å². The summed E-state index contributed by atoms with van der Waals surface area (Å²) in [5, 5.41) is 0.472. The third-order valence-electron chi connectivity index (χ3n) is 5.08. The van der Waals surface area contributed by atoms with Crippen molar-refractivity contribution in [1.82, 2.24) is 23.6 Å². The minimum atomic E-state index is -3.89. The molecule has 0 aliphatic carbocycles. The van der Waals surface area contributed by atoms with Gasteiger partial charge in [0.15, 0.2) is 5.78 Å². The molecular weight excluding hydrogens is 528 g/mol. The summed E-state index contributed by atoms with van der Waals surface area (Å²) in [4.78, 5) is 22.4. The van der Waals surface area contributed by atoms with E-state index in [0.717, 1.165) is 14.9 Å². The maximum absolute atomic E-state index is 13.4. The molecule has 4 rings (SSSR count). The number of hydrogen-bond acceptors (Lipinski definition) is 6. The number of aromatic nitrogens is 3. The fraction of sp³-hybridized carbons (Fsp3) is 0.300. The molecule has 1 aliphatic rings. The number of Topliss-reactive ketones (excluding diaryl/α,β-unsaturated/α-hetero) is 1. The zero-order valence-electron chi connectivity index (χ0n) is 18.1. The van der Waals surface area contributed by atoms with Crippen LogP contribution in [-0.2, 0) is 47.0 Å². The zero-order chi connectivity index (χ0) is 22.3. The number of carbonyl (C=O) groups is 1. The smallest absolute Gasteiger partial charge is 0.280 e. The summed E-state index contributed by atoms with van der Waals surface area (Å²) in [6.07, 6.45) is 5.32. The van der Waals surface area contributed by atoms with Crippen LogP contribution in [0.4, 0.5) is 4.39 Å². The van der Waals surface area contributed by atoms with Crippen LogP contribution in [-0.4, -0.2) is 46.1 Å². The Hall–Kier alpha value is -1.60. The first-order valence-corrected chi connectivity index (χ1v) is 11.9. The summed E-state index contributed by atoms with van der Waals surface area (Å²) in [7, 11) is -0.672. The number of carbonyl (C=O) groups excluding carboxylic acids is 1. The Morgan fingerprint density at radius 2 is 2.06 bits per heavy atom. The summed E-state index contributed by atoms with van der Waals surface area (Å²) >= 11 is 7.12. The molecule has 3 heterocycles. The fourth-order valence-corrected chi connectivity index (χ4v) is 5.91. The average Bonchev–Trinajstić information content (AvgIpc) is 3.35. The first-order valence-electron chi connectivity index (χ1n) is 9.30. The first-order chi connectivity index (χ1) is 14.6. The van der Waals surface area contributed by atoms with Gasteiger partial charge in [-0.3, -0.25) is 4.79 Å². The topological polar surface area (TPSA) is 97.2 Å². The third kappa shape index (κ3) is 5.91. The molecule has 1 saturated heterocycles. The van der Waals surface area contributed by atoms with Gasteiger partial charge in [0.05, 0.1) is 34.0 Å². The Morgan fingerprint density at radius 1 is 1.33 bits per heavy atom. The molecule has 3 aromatic rings. The van der Waals surface area contributed by atoms with E-state index in [4.69, 9.17) is 11.6 Å². The maximum atomic E-state index is 13.4. The molecule has 2 atom stereocenters. The minimum Gasteiger partial charge on any atom is -0.358 e. The van der Waals surface area contributed by atoms with Crippen LogP contribution in [0.3, 0.4) is 0 Å². The molecule has 1 aliphatic heterocycles. The zero-order valence-corrected chi connectivity index (χ0v) is 21.9. The van der Waals surface area contributed by atoms with Crippen LogP contribution >= 0.6 is 22.9 Å². The number of nitrogens with zero attached hydrogens (tertiary/aromatic N) is 4. The molecule has 1 aromatic carbocycles. The van der Waals surface area contributed by atoms with Gasteiger partial charge in [0.1, 0.15) is 10.8 Å². The first kappa shape index (κ1) is 27.6. The van der Waals surface area contributed by atoms with E-state index in [1.807, 2.05) is 17.8 Å². The molecule has 1 fully saturated rings. The second-order valence-corrected chi connectivity index (χ2v) is 10.6. The molecule has 2 aromatic heterocycles. The quantitative estimate of drug-likeness (QED) is 0.493. The predicted molar refractivity (Wildman–Crippen MR) is 122 cm³/mol. The number of nitrogens with one attached hydrogen (secondary N) is 1. The van der Waals surface area contributed by atoms with E-state index in [-0.39, 0.29) is 49.6 Å². The number of rotatable bonds is 5. The fourth-order valence-electron chi connectivity index (χ4n) is 3.41. The number of hydrogen-bond donors (Lipinski definition) is 1. The van der Waals surface area contributed by atoms with Gasteiger partial charge in [-0.2, -0.15) is 17.4 Å². The summed E-state index contributed by atoms with van der Waals surface area (Å²) in [6, 6.07) is 2.50. The van der Waals surface area contributed by atoms with Crippen LogP contribution in [0.1, 0.15) is 23.0 Å². The number of thiazole rings is 1. The van der Waals surface area contributed by atoms with Crippen LogP contribution in [0.2, 0.25) is 5.02 Å². The minimum absolute atomic E-state index is 0. The Kier molecular flexibility index (Phi) is 9.02. The number of benzene rings is 1. The van der Waals surface area contributed by atoms with E-state index >= 15 is 0 Å². The van der Waals surface area contributed by atoms with Gasteiger partial charge < -0.3 is 12.0 Å². The van der Waals surface area contributed by atoms with E-state index in [1.54, 1.807) is 12.5 Å². The molecule has 0 saturated carbocycles. The van der Waals surface area contributed by atoms with Crippen LogP contribution < -0.4 is 4.72 Å². The Morgan fingerprint density at radius 3 is 2.70 bits per heavy atom. The SMILES string of the molecule is CN1C(C(=O)Cc2ccc(F)c(Cl)c2)CC(c2ncc(-c3cn(C)cn3)s2)NS1(=O)=O.[CH3-].[V]. The van der Waals surface area contributed by atoms with Gasteiger partial charge in [-0.05, 0) is 24.1 Å². The number of likely N-dealkylation sites (N-methyl/N-ethyl adjacent to an activating group) is 1. The van der Waals surface area contributed by atoms with Crippen LogP contribution in [0.25, 0.3) is 10.6 Å². The molecule has 33 heavy (non-hydrogen) atoms. The van der Waals surface area contributed by atoms with Crippen molar-refractivity contribution in [2.75, 3.05) is 7.05 Å². The van der Waals surface area contributed by atoms with E-state index in [9.17, 15) is 17.6 Å². The van der Waals surface area contributed by atoms with Crippen molar-refractivity contribution in [2.45, 2.75) is 24.9 Å². The van der Waals surface area contributed by atoms with Crippen LogP contribution in [0, 0.1) is 13.2 Å². The predicted octanol–water partition coefficient (Wildman–Crippen LogP) is 3.18. The van der Waals surface area contributed by atoms with Gasteiger partial charge in [0, 0.05) is 51.5 Å². The van der Waals surface area contributed by atoms with Crippen LogP contribution in [0.5, 0.6) is 0 Å². The Balaban J connectivity index is 0.00000193. The molecule has 2 unspecified atom stereocenters. The average molecular weight is 550 g/mol. The van der Waals surface area contributed by atoms with Crippen molar-refractivity contribution < 1.29 is 36.2 Å². The van der Waals surface area contributed by atoms with Gasteiger partial charge in [-0.25, -0.2) is 14.4 Å². The van der Waals surface area contributed by atoms with Crippen molar-refractivity contribution >= 4 is 38.9 Å². The molecule has 0 bridgehead atoms. The van der Waals surface area contributed by atoms with Crippen molar-refractivity contribution in [3.8, 4) is 10.6 Å². The van der Waals surface area contributed by atoms with Gasteiger partial charge >= 0.3 is 0 Å².